The van der Waals surface area contributed by atoms with Gasteiger partial charge < -0.3 is 5.32 Å². The summed E-state index contributed by atoms with van der Waals surface area (Å²) in [5.41, 5.74) is 0. The zero-order valence-corrected chi connectivity index (χ0v) is 11.1. The molecule has 0 fully saturated rings. The fraction of sp³-hybridized carbons (Fsp3) is 1.00. The first-order valence-electron chi connectivity index (χ1n) is 7.08. The van der Waals surface area contributed by atoms with Gasteiger partial charge >= 0.3 is 0 Å². The first kappa shape index (κ1) is 15.0. The van der Waals surface area contributed by atoms with Crippen LogP contribution in [0.1, 0.15) is 78.6 Å². The summed E-state index contributed by atoms with van der Waals surface area (Å²) in [6.07, 6.45) is 12.4. The number of hydrogen-bond donors (Lipinski definition) is 1. The van der Waals surface area contributed by atoms with Gasteiger partial charge in [-0.2, -0.15) is 0 Å². The molecule has 1 atom stereocenters. The quantitative estimate of drug-likeness (QED) is 0.498. The van der Waals surface area contributed by atoms with Crippen molar-refractivity contribution in [3.8, 4) is 0 Å². The zero-order valence-electron chi connectivity index (χ0n) is 11.1. The number of unbranched alkanes of at least 4 members (excludes halogenated alkanes) is 5. The van der Waals surface area contributed by atoms with Gasteiger partial charge in [-0.3, -0.25) is 0 Å². The predicted octanol–water partition coefficient (Wildman–Crippen LogP) is 4.52. The molecule has 1 heteroatoms. The molecule has 1 unspecified atom stereocenters. The normalized spacial score (nSPS) is 13.0. The summed E-state index contributed by atoms with van der Waals surface area (Å²) in [4.78, 5) is 0. The average molecular weight is 213 g/mol. The molecule has 0 heterocycles. The molecule has 0 amide bonds. The fourth-order valence-electron chi connectivity index (χ4n) is 1.97. The predicted molar refractivity (Wildman–Crippen MR) is 70.4 cm³/mol. The van der Waals surface area contributed by atoms with Crippen molar-refractivity contribution in [1.29, 1.82) is 0 Å². The van der Waals surface area contributed by atoms with Gasteiger partial charge in [0.25, 0.3) is 0 Å². The van der Waals surface area contributed by atoms with Gasteiger partial charge in [-0.15, -0.1) is 0 Å². The Morgan fingerprint density at radius 2 is 1.47 bits per heavy atom. The maximum Gasteiger partial charge on any atom is 0.00644 e. The summed E-state index contributed by atoms with van der Waals surface area (Å²) in [6.45, 7) is 8.00. The molecule has 0 aromatic rings. The molecule has 0 spiro atoms. The molecule has 0 aliphatic carbocycles. The van der Waals surface area contributed by atoms with Crippen molar-refractivity contribution in [2.45, 2.75) is 84.6 Å². The molecule has 0 aliphatic heterocycles. The van der Waals surface area contributed by atoms with E-state index in [1.165, 1.54) is 64.3 Å². The largest absolute Gasteiger partial charge is 0.314 e. The average Bonchev–Trinajstić information content (AvgIpc) is 2.27. The van der Waals surface area contributed by atoms with E-state index in [9.17, 15) is 0 Å². The van der Waals surface area contributed by atoms with Crippen molar-refractivity contribution in [3.05, 3.63) is 0 Å². The molecule has 0 saturated heterocycles. The lowest BCUT2D eigenvalue weighted by molar-refractivity contribution is 0.442. The molecular weight excluding hydrogens is 182 g/mol. The molecule has 0 bridgehead atoms. The van der Waals surface area contributed by atoms with Crippen LogP contribution in [0.2, 0.25) is 0 Å². The smallest absolute Gasteiger partial charge is 0.00644 e. The zero-order chi connectivity index (χ0) is 11.4. The lowest BCUT2D eigenvalue weighted by Gasteiger charge is -2.16. The molecule has 92 valence electrons. The molecule has 0 rings (SSSR count). The van der Waals surface area contributed by atoms with E-state index in [2.05, 4.69) is 26.1 Å². The van der Waals surface area contributed by atoms with Crippen LogP contribution in [-0.4, -0.2) is 12.6 Å². The molecule has 0 aromatic heterocycles. The monoisotopic (exact) mass is 213 g/mol. The first-order valence-corrected chi connectivity index (χ1v) is 7.08. The second-order valence-corrected chi connectivity index (χ2v) is 4.62. The first-order chi connectivity index (χ1) is 7.35. The van der Waals surface area contributed by atoms with E-state index in [0.717, 1.165) is 6.04 Å². The van der Waals surface area contributed by atoms with E-state index < -0.39 is 0 Å². The third-order valence-electron chi connectivity index (χ3n) is 3.08. The van der Waals surface area contributed by atoms with E-state index in [1.54, 1.807) is 0 Å². The van der Waals surface area contributed by atoms with E-state index in [-0.39, 0.29) is 0 Å². The SMILES string of the molecule is CCCCCCCCC(CC)NCCC. The van der Waals surface area contributed by atoms with E-state index in [4.69, 9.17) is 0 Å². The van der Waals surface area contributed by atoms with Gasteiger partial charge in [-0.05, 0) is 25.8 Å². The van der Waals surface area contributed by atoms with Gasteiger partial charge in [0.05, 0.1) is 0 Å². The highest BCUT2D eigenvalue weighted by Gasteiger charge is 2.03. The van der Waals surface area contributed by atoms with Crippen LogP contribution in [0.4, 0.5) is 0 Å². The van der Waals surface area contributed by atoms with Crippen LogP contribution in [0.3, 0.4) is 0 Å². The van der Waals surface area contributed by atoms with Crippen molar-refractivity contribution < 1.29 is 0 Å². The van der Waals surface area contributed by atoms with Crippen LogP contribution >= 0.6 is 0 Å². The lowest BCUT2D eigenvalue weighted by atomic mass is 10.0. The summed E-state index contributed by atoms with van der Waals surface area (Å²) in [7, 11) is 0. The van der Waals surface area contributed by atoms with Gasteiger partial charge in [0, 0.05) is 6.04 Å². The Balaban J connectivity index is 3.22. The number of rotatable bonds is 11. The Morgan fingerprint density at radius 3 is 2.07 bits per heavy atom. The molecule has 1 N–H and O–H groups in total. The van der Waals surface area contributed by atoms with Crippen LogP contribution < -0.4 is 5.32 Å². The molecule has 1 nitrogen and oxygen atoms in total. The van der Waals surface area contributed by atoms with Crippen LogP contribution in [-0.2, 0) is 0 Å². The Bertz CT molecular complexity index is 112. The van der Waals surface area contributed by atoms with Crippen molar-refractivity contribution in [2.75, 3.05) is 6.54 Å². The molecular formula is C14H31N. The van der Waals surface area contributed by atoms with Crippen LogP contribution in [0.5, 0.6) is 0 Å². The maximum atomic E-state index is 3.62. The number of nitrogens with one attached hydrogen (secondary N) is 1. The van der Waals surface area contributed by atoms with E-state index >= 15 is 0 Å². The molecule has 15 heavy (non-hydrogen) atoms. The maximum absolute atomic E-state index is 3.62. The van der Waals surface area contributed by atoms with Gasteiger partial charge in [-0.1, -0.05) is 59.3 Å². The summed E-state index contributed by atoms with van der Waals surface area (Å²) in [5, 5.41) is 3.62. The Hall–Kier alpha value is -0.0400. The van der Waals surface area contributed by atoms with E-state index in [1.807, 2.05) is 0 Å². The highest BCUT2D eigenvalue weighted by atomic mass is 14.9. The van der Waals surface area contributed by atoms with Crippen LogP contribution in [0.15, 0.2) is 0 Å². The summed E-state index contributed by atoms with van der Waals surface area (Å²) < 4.78 is 0. The molecule has 0 aliphatic rings. The second kappa shape index (κ2) is 12.0. The summed E-state index contributed by atoms with van der Waals surface area (Å²) >= 11 is 0. The van der Waals surface area contributed by atoms with Gasteiger partial charge in [0.2, 0.25) is 0 Å². The molecule has 0 saturated carbocycles. The van der Waals surface area contributed by atoms with Gasteiger partial charge in [-0.25, -0.2) is 0 Å². The summed E-state index contributed by atoms with van der Waals surface area (Å²) in [5.74, 6) is 0. The Kier molecular flexibility index (Phi) is 12.0. The molecule has 0 radical (unpaired) electrons. The highest BCUT2D eigenvalue weighted by Crippen LogP contribution is 2.10. The molecule has 0 aromatic carbocycles. The van der Waals surface area contributed by atoms with Crippen molar-refractivity contribution in [2.24, 2.45) is 0 Å². The highest BCUT2D eigenvalue weighted by molar-refractivity contribution is 4.64. The summed E-state index contributed by atoms with van der Waals surface area (Å²) in [6, 6.07) is 0.774. The Labute approximate surface area is 97.0 Å². The lowest BCUT2D eigenvalue weighted by Crippen LogP contribution is -2.28. The number of hydrogen-bond acceptors (Lipinski definition) is 1. The fourth-order valence-corrected chi connectivity index (χ4v) is 1.97. The Morgan fingerprint density at radius 1 is 0.800 bits per heavy atom. The van der Waals surface area contributed by atoms with Crippen LogP contribution in [0, 0.1) is 0 Å². The van der Waals surface area contributed by atoms with Gasteiger partial charge in [0.1, 0.15) is 0 Å². The minimum Gasteiger partial charge on any atom is -0.314 e. The standard InChI is InChI=1S/C14H31N/c1-4-7-8-9-10-11-12-14(6-3)15-13-5-2/h14-15H,4-13H2,1-3H3. The van der Waals surface area contributed by atoms with Crippen LogP contribution in [0.25, 0.3) is 0 Å². The third kappa shape index (κ3) is 10.2. The minimum absolute atomic E-state index is 0.774. The topological polar surface area (TPSA) is 12.0 Å². The van der Waals surface area contributed by atoms with Crippen molar-refractivity contribution in [3.63, 3.8) is 0 Å². The van der Waals surface area contributed by atoms with Gasteiger partial charge in [0.15, 0.2) is 0 Å². The minimum atomic E-state index is 0.774. The van der Waals surface area contributed by atoms with E-state index in [0.29, 0.717) is 0 Å². The van der Waals surface area contributed by atoms with Crippen molar-refractivity contribution in [1.82, 2.24) is 5.32 Å². The third-order valence-corrected chi connectivity index (χ3v) is 3.08. The second-order valence-electron chi connectivity index (χ2n) is 4.62. The van der Waals surface area contributed by atoms with Crippen molar-refractivity contribution >= 4 is 0 Å².